The van der Waals surface area contributed by atoms with Gasteiger partial charge in [0.1, 0.15) is 0 Å². The highest BCUT2D eigenvalue weighted by molar-refractivity contribution is 5.37. The van der Waals surface area contributed by atoms with E-state index in [-0.39, 0.29) is 6.61 Å². The van der Waals surface area contributed by atoms with Crippen LogP contribution in [0.5, 0.6) is 0 Å². The van der Waals surface area contributed by atoms with Gasteiger partial charge in [0.15, 0.2) is 5.82 Å². The van der Waals surface area contributed by atoms with Gasteiger partial charge < -0.3 is 10.0 Å². The van der Waals surface area contributed by atoms with Crippen LogP contribution in [0.15, 0.2) is 12.1 Å². The molecule has 0 aliphatic carbocycles. The minimum absolute atomic E-state index is 0.274. The van der Waals surface area contributed by atoms with Gasteiger partial charge >= 0.3 is 0 Å². The van der Waals surface area contributed by atoms with Gasteiger partial charge in [-0.1, -0.05) is 0 Å². The Morgan fingerprint density at radius 1 is 1.47 bits per heavy atom. The van der Waals surface area contributed by atoms with Gasteiger partial charge in [0.2, 0.25) is 0 Å². The van der Waals surface area contributed by atoms with Gasteiger partial charge in [-0.2, -0.15) is 5.10 Å². The molecule has 2 heterocycles. The Labute approximate surface area is 89.9 Å². The Morgan fingerprint density at radius 3 is 3.00 bits per heavy atom. The lowest BCUT2D eigenvalue weighted by atomic mass is 9.99. The number of hydrogen-bond acceptors (Lipinski definition) is 4. The fourth-order valence-electron chi connectivity index (χ4n) is 1.98. The molecule has 1 aromatic rings. The van der Waals surface area contributed by atoms with Crippen LogP contribution in [0, 0.1) is 12.8 Å². The van der Waals surface area contributed by atoms with E-state index < -0.39 is 0 Å². The SMILES string of the molecule is Cc1ccc(N2CCC[C@@H](CO)C2)nn1. The molecular weight excluding hydrogens is 190 g/mol. The van der Waals surface area contributed by atoms with Crippen LogP contribution in [0.2, 0.25) is 0 Å². The Balaban J connectivity index is 2.06. The van der Waals surface area contributed by atoms with E-state index in [0.29, 0.717) is 5.92 Å². The summed E-state index contributed by atoms with van der Waals surface area (Å²) < 4.78 is 0. The second-order valence-corrected chi connectivity index (χ2v) is 4.17. The third kappa shape index (κ3) is 2.45. The number of aromatic nitrogens is 2. The summed E-state index contributed by atoms with van der Waals surface area (Å²) in [6, 6.07) is 3.98. The average molecular weight is 207 g/mol. The van der Waals surface area contributed by atoms with Gasteiger partial charge in [0, 0.05) is 19.7 Å². The van der Waals surface area contributed by atoms with Crippen molar-refractivity contribution in [2.75, 3.05) is 24.6 Å². The van der Waals surface area contributed by atoms with E-state index in [9.17, 15) is 0 Å². The largest absolute Gasteiger partial charge is 0.396 e. The highest BCUT2D eigenvalue weighted by atomic mass is 16.3. The summed E-state index contributed by atoms with van der Waals surface area (Å²) in [5.41, 5.74) is 0.939. The third-order valence-corrected chi connectivity index (χ3v) is 2.88. The number of piperidine rings is 1. The van der Waals surface area contributed by atoms with Crippen LogP contribution >= 0.6 is 0 Å². The molecule has 1 N–H and O–H groups in total. The smallest absolute Gasteiger partial charge is 0.151 e. The van der Waals surface area contributed by atoms with E-state index in [0.717, 1.165) is 37.4 Å². The molecule has 1 aliphatic heterocycles. The first-order chi connectivity index (χ1) is 7.29. The Bertz CT molecular complexity index is 312. The first-order valence-corrected chi connectivity index (χ1v) is 5.45. The van der Waals surface area contributed by atoms with Gasteiger partial charge in [-0.15, -0.1) is 5.10 Å². The Kier molecular flexibility index (Phi) is 3.16. The molecule has 0 bridgehead atoms. The van der Waals surface area contributed by atoms with E-state index in [1.165, 1.54) is 0 Å². The number of hydrogen-bond donors (Lipinski definition) is 1. The maximum Gasteiger partial charge on any atom is 0.151 e. The molecular formula is C11H17N3O. The van der Waals surface area contributed by atoms with E-state index in [4.69, 9.17) is 5.11 Å². The lowest BCUT2D eigenvalue weighted by Crippen LogP contribution is -2.37. The monoisotopic (exact) mass is 207 g/mol. The first kappa shape index (κ1) is 10.4. The number of rotatable bonds is 2. The van der Waals surface area contributed by atoms with Crippen LogP contribution < -0.4 is 4.90 Å². The zero-order chi connectivity index (χ0) is 10.7. The first-order valence-electron chi connectivity index (χ1n) is 5.45. The molecule has 1 aromatic heterocycles. The predicted octanol–water partition coefficient (Wildman–Crippen LogP) is 0.994. The number of nitrogens with zero attached hydrogens (tertiary/aromatic N) is 3. The molecule has 82 valence electrons. The van der Waals surface area contributed by atoms with Crippen LogP contribution in [0.4, 0.5) is 5.82 Å². The molecule has 0 spiro atoms. The predicted molar refractivity (Wildman–Crippen MR) is 58.8 cm³/mol. The lowest BCUT2D eigenvalue weighted by Gasteiger charge is -2.32. The number of aliphatic hydroxyl groups is 1. The van der Waals surface area contributed by atoms with Crippen molar-refractivity contribution in [1.82, 2.24) is 10.2 Å². The van der Waals surface area contributed by atoms with Crippen LogP contribution in [-0.2, 0) is 0 Å². The summed E-state index contributed by atoms with van der Waals surface area (Å²) in [6.07, 6.45) is 2.24. The van der Waals surface area contributed by atoms with Gasteiger partial charge in [0.05, 0.1) is 5.69 Å². The van der Waals surface area contributed by atoms with Gasteiger partial charge in [-0.3, -0.25) is 0 Å². The Morgan fingerprint density at radius 2 is 2.33 bits per heavy atom. The van der Waals surface area contributed by atoms with Gasteiger partial charge in [0.25, 0.3) is 0 Å². The normalized spacial score (nSPS) is 21.7. The summed E-state index contributed by atoms with van der Waals surface area (Å²) in [6.45, 7) is 4.13. The molecule has 4 heteroatoms. The second-order valence-electron chi connectivity index (χ2n) is 4.17. The highest BCUT2D eigenvalue weighted by Gasteiger charge is 2.20. The van der Waals surface area contributed by atoms with Crippen molar-refractivity contribution in [3.05, 3.63) is 17.8 Å². The molecule has 4 nitrogen and oxygen atoms in total. The van der Waals surface area contributed by atoms with Crippen LogP contribution in [0.25, 0.3) is 0 Å². The molecule has 2 rings (SSSR count). The van der Waals surface area contributed by atoms with Crippen molar-refractivity contribution in [3.8, 4) is 0 Å². The summed E-state index contributed by atoms with van der Waals surface area (Å²) in [7, 11) is 0. The van der Waals surface area contributed by atoms with Crippen molar-refractivity contribution >= 4 is 5.82 Å². The molecule has 0 amide bonds. The van der Waals surface area contributed by atoms with E-state index in [1.807, 2.05) is 19.1 Å². The Hall–Kier alpha value is -1.16. The van der Waals surface area contributed by atoms with Crippen molar-refractivity contribution < 1.29 is 5.11 Å². The van der Waals surface area contributed by atoms with Crippen molar-refractivity contribution in [2.45, 2.75) is 19.8 Å². The molecule has 0 aromatic carbocycles. The van der Waals surface area contributed by atoms with E-state index in [2.05, 4.69) is 15.1 Å². The summed E-state index contributed by atoms with van der Waals surface area (Å²) in [5.74, 6) is 1.32. The van der Waals surface area contributed by atoms with Crippen LogP contribution in [0.1, 0.15) is 18.5 Å². The molecule has 15 heavy (non-hydrogen) atoms. The van der Waals surface area contributed by atoms with Crippen LogP contribution in [-0.4, -0.2) is 35.0 Å². The topological polar surface area (TPSA) is 49.2 Å². The fourth-order valence-corrected chi connectivity index (χ4v) is 1.98. The zero-order valence-electron chi connectivity index (χ0n) is 9.06. The van der Waals surface area contributed by atoms with E-state index >= 15 is 0 Å². The number of aryl methyl sites for hydroxylation is 1. The van der Waals surface area contributed by atoms with Crippen LogP contribution in [0.3, 0.4) is 0 Å². The minimum atomic E-state index is 0.274. The van der Waals surface area contributed by atoms with E-state index in [1.54, 1.807) is 0 Å². The maximum absolute atomic E-state index is 9.14. The molecule has 1 fully saturated rings. The molecule has 0 unspecified atom stereocenters. The maximum atomic E-state index is 9.14. The lowest BCUT2D eigenvalue weighted by molar-refractivity contribution is 0.208. The van der Waals surface area contributed by atoms with Crippen molar-refractivity contribution in [1.29, 1.82) is 0 Å². The van der Waals surface area contributed by atoms with Gasteiger partial charge in [-0.05, 0) is 37.8 Å². The standard InChI is InChI=1S/C11H17N3O/c1-9-4-5-11(13-12-9)14-6-2-3-10(7-14)8-15/h4-5,10,15H,2-3,6-8H2,1H3/t10-/m1/s1. The molecule has 1 aliphatic rings. The minimum Gasteiger partial charge on any atom is -0.396 e. The third-order valence-electron chi connectivity index (χ3n) is 2.88. The highest BCUT2D eigenvalue weighted by Crippen LogP contribution is 2.20. The van der Waals surface area contributed by atoms with Crippen molar-refractivity contribution in [2.24, 2.45) is 5.92 Å². The van der Waals surface area contributed by atoms with Gasteiger partial charge in [-0.25, -0.2) is 0 Å². The van der Waals surface area contributed by atoms with Crippen molar-refractivity contribution in [3.63, 3.8) is 0 Å². The molecule has 0 saturated carbocycles. The summed E-state index contributed by atoms with van der Waals surface area (Å²) >= 11 is 0. The number of aliphatic hydroxyl groups excluding tert-OH is 1. The molecule has 1 saturated heterocycles. The average Bonchev–Trinajstić information content (AvgIpc) is 2.30. The number of anilines is 1. The summed E-state index contributed by atoms with van der Waals surface area (Å²) in [4.78, 5) is 2.21. The quantitative estimate of drug-likeness (QED) is 0.785. The second kappa shape index (κ2) is 4.57. The molecule has 1 atom stereocenters. The zero-order valence-corrected chi connectivity index (χ0v) is 9.06. The molecule has 0 radical (unpaired) electrons. The fraction of sp³-hybridized carbons (Fsp3) is 0.636. The summed E-state index contributed by atoms with van der Waals surface area (Å²) in [5, 5.41) is 17.4.